The van der Waals surface area contributed by atoms with Crippen LogP contribution in [0.15, 0.2) is 0 Å². The minimum absolute atomic E-state index is 0.0597. The Labute approximate surface area is 120 Å². The Morgan fingerprint density at radius 3 is 2.41 bits per heavy atom. The van der Waals surface area contributed by atoms with Gasteiger partial charge in [-0.05, 0) is 32.9 Å². The smallest absolute Gasteiger partial charge is 0.0547 e. The molecule has 1 atom stereocenters. The number of piperazine rings is 1. The predicted octanol–water partition coefficient (Wildman–Crippen LogP) is 1.98. The summed E-state index contributed by atoms with van der Waals surface area (Å²) < 4.78 is 1.07. The van der Waals surface area contributed by atoms with Gasteiger partial charge in [-0.15, -0.1) is 0 Å². The van der Waals surface area contributed by atoms with E-state index < -0.39 is 0 Å². The molecule has 1 saturated heterocycles. The average Bonchev–Trinajstić information content (AvgIpc) is 2.31. The molecule has 1 heterocycles. The topological polar surface area (TPSA) is 26.7 Å². The number of rotatable bonds is 8. The summed E-state index contributed by atoms with van der Waals surface area (Å²) in [5.74, 6) is 0. The molecule has 1 aliphatic heterocycles. The van der Waals surface area contributed by atoms with Crippen LogP contribution in [0.1, 0.15) is 32.1 Å². The number of hydrogen-bond acceptors (Lipinski definition) is 3. The van der Waals surface area contributed by atoms with Gasteiger partial charge in [0, 0.05) is 30.6 Å². The van der Waals surface area contributed by atoms with Crippen LogP contribution in [0.4, 0.5) is 0 Å². The zero-order valence-electron chi connectivity index (χ0n) is 11.1. The van der Waals surface area contributed by atoms with Crippen molar-refractivity contribution in [3.05, 3.63) is 0 Å². The highest BCUT2D eigenvalue weighted by Gasteiger charge is 2.12. The number of nitrogens with zero attached hydrogens (tertiary/aromatic N) is 2. The van der Waals surface area contributed by atoms with Crippen molar-refractivity contribution in [2.45, 2.75) is 38.2 Å². The van der Waals surface area contributed by atoms with E-state index in [-0.39, 0.29) is 6.10 Å². The third-order valence-corrected chi connectivity index (χ3v) is 4.17. The highest BCUT2D eigenvalue weighted by atomic mass is 127. The van der Waals surface area contributed by atoms with E-state index in [1.54, 1.807) is 0 Å². The molecule has 0 radical (unpaired) electrons. The zero-order valence-corrected chi connectivity index (χ0v) is 13.2. The lowest BCUT2D eigenvalue weighted by atomic mass is 10.1. The van der Waals surface area contributed by atoms with E-state index in [1.165, 1.54) is 52.0 Å². The quantitative estimate of drug-likeness (QED) is 0.410. The molecule has 0 aromatic heterocycles. The van der Waals surface area contributed by atoms with Crippen LogP contribution in [0.2, 0.25) is 0 Å². The second-order valence-corrected chi connectivity index (χ2v) is 6.20. The molecular weight excluding hydrogens is 327 g/mol. The molecule has 0 unspecified atom stereocenters. The fraction of sp³-hybridized carbons (Fsp3) is 1.00. The van der Waals surface area contributed by atoms with Gasteiger partial charge in [0.15, 0.2) is 0 Å². The van der Waals surface area contributed by atoms with E-state index in [2.05, 4.69) is 39.4 Å². The molecule has 4 heteroatoms. The van der Waals surface area contributed by atoms with Gasteiger partial charge in [0.25, 0.3) is 0 Å². The summed E-state index contributed by atoms with van der Waals surface area (Å²) in [6.07, 6.45) is 5.64. The SMILES string of the molecule is CN1CCN(CCCCC[C@@H](O)CCI)CC1. The van der Waals surface area contributed by atoms with E-state index in [9.17, 15) is 5.11 Å². The highest BCUT2D eigenvalue weighted by Crippen LogP contribution is 2.09. The van der Waals surface area contributed by atoms with Gasteiger partial charge in [-0.2, -0.15) is 0 Å². The fourth-order valence-corrected chi connectivity index (χ4v) is 2.95. The molecule has 0 bridgehead atoms. The van der Waals surface area contributed by atoms with E-state index in [1.807, 2.05) is 0 Å². The Balaban J connectivity index is 1.90. The van der Waals surface area contributed by atoms with Gasteiger partial charge in [-0.1, -0.05) is 35.4 Å². The van der Waals surface area contributed by atoms with Gasteiger partial charge in [0.1, 0.15) is 0 Å². The van der Waals surface area contributed by atoms with Gasteiger partial charge >= 0.3 is 0 Å². The van der Waals surface area contributed by atoms with E-state index in [0.29, 0.717) is 0 Å². The van der Waals surface area contributed by atoms with Gasteiger partial charge in [0.2, 0.25) is 0 Å². The van der Waals surface area contributed by atoms with Gasteiger partial charge in [-0.25, -0.2) is 0 Å². The van der Waals surface area contributed by atoms with E-state index in [0.717, 1.165) is 17.3 Å². The third-order valence-electron chi connectivity index (χ3n) is 3.55. The Bertz CT molecular complexity index is 184. The summed E-state index contributed by atoms with van der Waals surface area (Å²) in [4.78, 5) is 4.97. The number of aliphatic hydroxyl groups excluding tert-OH is 1. The van der Waals surface area contributed by atoms with Crippen molar-refractivity contribution >= 4 is 22.6 Å². The van der Waals surface area contributed by atoms with E-state index >= 15 is 0 Å². The standard InChI is InChI=1S/C13H27IN2O/c1-15-9-11-16(12-10-15)8-4-2-3-5-13(17)6-7-14/h13,17H,2-12H2,1H3/t13-/m1/s1. The molecular formula is C13H27IN2O. The molecule has 1 aliphatic rings. The molecule has 1 fully saturated rings. The maximum atomic E-state index is 9.61. The largest absolute Gasteiger partial charge is 0.393 e. The maximum Gasteiger partial charge on any atom is 0.0547 e. The van der Waals surface area contributed by atoms with Crippen LogP contribution in [-0.4, -0.2) is 65.2 Å². The number of hydrogen-bond donors (Lipinski definition) is 1. The lowest BCUT2D eigenvalue weighted by Crippen LogP contribution is -2.44. The number of halogens is 1. The number of aliphatic hydroxyl groups is 1. The van der Waals surface area contributed by atoms with E-state index in [4.69, 9.17) is 0 Å². The van der Waals surface area contributed by atoms with Crippen LogP contribution in [0.5, 0.6) is 0 Å². The first-order valence-electron chi connectivity index (χ1n) is 6.87. The average molecular weight is 354 g/mol. The molecule has 102 valence electrons. The van der Waals surface area contributed by atoms with Crippen molar-refractivity contribution in [2.24, 2.45) is 0 Å². The first-order valence-corrected chi connectivity index (χ1v) is 8.40. The molecule has 3 nitrogen and oxygen atoms in total. The lowest BCUT2D eigenvalue weighted by Gasteiger charge is -2.32. The van der Waals surface area contributed by atoms with Crippen LogP contribution in [0.3, 0.4) is 0 Å². The number of alkyl halides is 1. The second kappa shape index (κ2) is 9.53. The molecule has 1 N–H and O–H groups in total. The molecule has 0 amide bonds. The number of likely N-dealkylation sites (N-methyl/N-ethyl adjacent to an activating group) is 1. The van der Waals surface area contributed by atoms with Gasteiger partial charge in [0.05, 0.1) is 6.10 Å². The first-order chi connectivity index (χ1) is 8.22. The monoisotopic (exact) mass is 354 g/mol. The summed E-state index contributed by atoms with van der Waals surface area (Å²) in [5, 5.41) is 9.61. The van der Waals surface area contributed by atoms with Gasteiger partial charge < -0.3 is 14.9 Å². The minimum Gasteiger partial charge on any atom is -0.393 e. The van der Waals surface area contributed by atoms with Gasteiger partial charge in [-0.3, -0.25) is 0 Å². The van der Waals surface area contributed by atoms with Crippen molar-refractivity contribution in [2.75, 3.05) is 44.2 Å². The van der Waals surface area contributed by atoms with Crippen LogP contribution in [0.25, 0.3) is 0 Å². The van der Waals surface area contributed by atoms with Crippen molar-refractivity contribution < 1.29 is 5.11 Å². The third kappa shape index (κ3) is 7.59. The van der Waals surface area contributed by atoms with Crippen molar-refractivity contribution in [3.8, 4) is 0 Å². The molecule has 0 saturated carbocycles. The van der Waals surface area contributed by atoms with Crippen LogP contribution < -0.4 is 0 Å². The Morgan fingerprint density at radius 1 is 1.06 bits per heavy atom. The molecule has 0 aliphatic carbocycles. The Hall–Kier alpha value is 0.610. The molecule has 1 rings (SSSR count). The summed E-state index contributed by atoms with van der Waals surface area (Å²) in [5.41, 5.74) is 0. The highest BCUT2D eigenvalue weighted by molar-refractivity contribution is 14.1. The summed E-state index contributed by atoms with van der Waals surface area (Å²) in [6, 6.07) is 0. The zero-order chi connectivity index (χ0) is 12.5. The summed E-state index contributed by atoms with van der Waals surface area (Å²) in [6.45, 7) is 6.14. The number of unbranched alkanes of at least 4 members (excludes halogenated alkanes) is 2. The van der Waals surface area contributed by atoms with Crippen molar-refractivity contribution in [1.82, 2.24) is 9.80 Å². The summed E-state index contributed by atoms with van der Waals surface area (Å²) >= 11 is 2.33. The molecule has 0 aromatic carbocycles. The molecule has 0 aromatic rings. The molecule has 0 spiro atoms. The normalized spacial score (nSPS) is 20.6. The van der Waals surface area contributed by atoms with Crippen molar-refractivity contribution in [1.29, 1.82) is 0 Å². The van der Waals surface area contributed by atoms with Crippen LogP contribution in [0, 0.1) is 0 Å². The molecule has 17 heavy (non-hydrogen) atoms. The van der Waals surface area contributed by atoms with Crippen LogP contribution >= 0.6 is 22.6 Å². The predicted molar refractivity (Wildman–Crippen MR) is 81.9 cm³/mol. The maximum absolute atomic E-state index is 9.61. The van der Waals surface area contributed by atoms with Crippen LogP contribution in [-0.2, 0) is 0 Å². The first kappa shape index (κ1) is 15.7. The summed E-state index contributed by atoms with van der Waals surface area (Å²) in [7, 11) is 2.20. The van der Waals surface area contributed by atoms with Crippen molar-refractivity contribution in [3.63, 3.8) is 0 Å². The minimum atomic E-state index is -0.0597. The fourth-order valence-electron chi connectivity index (χ4n) is 2.23. The Morgan fingerprint density at radius 2 is 1.76 bits per heavy atom. The Kier molecular flexibility index (Phi) is 8.78. The lowest BCUT2D eigenvalue weighted by molar-refractivity contribution is 0.146. The second-order valence-electron chi connectivity index (χ2n) is 5.13.